The lowest BCUT2D eigenvalue weighted by Gasteiger charge is -2.27. The first kappa shape index (κ1) is 16.1. The molecule has 0 radical (unpaired) electrons. The lowest BCUT2D eigenvalue weighted by Crippen LogP contribution is -2.23. The van der Waals surface area contributed by atoms with Gasteiger partial charge in [-0.2, -0.15) is 0 Å². The molecule has 2 rings (SSSR count). The standard InChI is InChI=1S/C18H24F2O/c1-3-4-5-13-7-9-14(10-8-13)18(21)15-11-6-12(2)16(19)17(15)20/h6,11,13-14H,3-5,7-10H2,1-2H3. The molecule has 0 N–H and O–H groups in total. The van der Waals surface area contributed by atoms with Gasteiger partial charge in [-0.15, -0.1) is 0 Å². The predicted octanol–water partition coefficient (Wildman–Crippen LogP) is 5.45. The summed E-state index contributed by atoms with van der Waals surface area (Å²) >= 11 is 0. The zero-order chi connectivity index (χ0) is 15.4. The molecular formula is C18H24F2O. The average molecular weight is 294 g/mol. The van der Waals surface area contributed by atoms with E-state index in [1.807, 2.05) is 0 Å². The molecule has 1 saturated carbocycles. The minimum atomic E-state index is -0.979. The Labute approximate surface area is 125 Å². The summed E-state index contributed by atoms with van der Waals surface area (Å²) < 4.78 is 27.5. The van der Waals surface area contributed by atoms with Gasteiger partial charge < -0.3 is 0 Å². The van der Waals surface area contributed by atoms with Crippen molar-refractivity contribution < 1.29 is 13.6 Å². The third kappa shape index (κ3) is 3.69. The highest BCUT2D eigenvalue weighted by Gasteiger charge is 2.29. The third-order valence-electron chi connectivity index (χ3n) is 4.72. The number of hydrogen-bond donors (Lipinski definition) is 0. The number of halogens is 2. The molecule has 1 aromatic rings. The molecule has 0 bridgehead atoms. The lowest BCUT2D eigenvalue weighted by atomic mass is 9.77. The van der Waals surface area contributed by atoms with Gasteiger partial charge in [0.15, 0.2) is 17.4 Å². The summed E-state index contributed by atoms with van der Waals surface area (Å²) in [5.41, 5.74) is 0.169. The molecule has 0 aliphatic heterocycles. The van der Waals surface area contributed by atoms with E-state index in [2.05, 4.69) is 6.92 Å². The maximum atomic E-state index is 13.9. The molecule has 0 atom stereocenters. The summed E-state index contributed by atoms with van der Waals surface area (Å²) in [6.45, 7) is 3.69. The molecule has 1 aromatic carbocycles. The fraction of sp³-hybridized carbons (Fsp3) is 0.611. The Balaban J connectivity index is 2.01. The van der Waals surface area contributed by atoms with Crippen LogP contribution in [0.2, 0.25) is 0 Å². The highest BCUT2D eigenvalue weighted by atomic mass is 19.2. The number of aryl methyl sites for hydroxylation is 1. The SMILES string of the molecule is CCCCC1CCC(C(=O)c2ccc(C)c(F)c2F)CC1. The summed E-state index contributed by atoms with van der Waals surface area (Å²) in [6.07, 6.45) is 7.35. The molecule has 0 saturated heterocycles. The Hall–Kier alpha value is -1.25. The van der Waals surface area contributed by atoms with Crippen LogP contribution in [-0.2, 0) is 0 Å². The van der Waals surface area contributed by atoms with Gasteiger partial charge in [0.25, 0.3) is 0 Å². The minimum absolute atomic E-state index is 0.0740. The van der Waals surface area contributed by atoms with Crippen molar-refractivity contribution >= 4 is 5.78 Å². The summed E-state index contributed by atoms with van der Waals surface area (Å²) in [6, 6.07) is 2.91. The molecule has 1 aliphatic rings. The number of hydrogen-bond acceptors (Lipinski definition) is 1. The van der Waals surface area contributed by atoms with Crippen molar-refractivity contribution in [3.05, 3.63) is 34.9 Å². The van der Waals surface area contributed by atoms with Crippen LogP contribution in [0.3, 0.4) is 0 Å². The molecule has 0 heterocycles. The summed E-state index contributed by atoms with van der Waals surface area (Å²) in [4.78, 5) is 12.4. The zero-order valence-electron chi connectivity index (χ0n) is 12.9. The van der Waals surface area contributed by atoms with Crippen molar-refractivity contribution in [2.45, 2.75) is 58.8 Å². The van der Waals surface area contributed by atoms with E-state index in [4.69, 9.17) is 0 Å². The number of unbranched alkanes of at least 4 members (excludes halogenated alkanes) is 1. The molecule has 0 spiro atoms. The zero-order valence-corrected chi connectivity index (χ0v) is 12.9. The van der Waals surface area contributed by atoms with Gasteiger partial charge in [0, 0.05) is 5.92 Å². The molecule has 1 fully saturated rings. The molecule has 0 amide bonds. The van der Waals surface area contributed by atoms with Crippen LogP contribution < -0.4 is 0 Å². The normalized spacial score (nSPS) is 22.3. The second-order valence-corrected chi connectivity index (χ2v) is 6.28. The van der Waals surface area contributed by atoms with E-state index < -0.39 is 11.6 Å². The van der Waals surface area contributed by atoms with Gasteiger partial charge in [-0.05, 0) is 50.2 Å². The quantitative estimate of drug-likeness (QED) is 0.660. The molecular weight excluding hydrogens is 270 g/mol. The van der Waals surface area contributed by atoms with E-state index in [-0.39, 0.29) is 22.8 Å². The summed E-state index contributed by atoms with van der Waals surface area (Å²) in [5.74, 6) is -1.53. The van der Waals surface area contributed by atoms with Crippen LogP contribution in [0.4, 0.5) is 8.78 Å². The average Bonchev–Trinajstić information content (AvgIpc) is 2.51. The molecule has 0 unspecified atom stereocenters. The van der Waals surface area contributed by atoms with Gasteiger partial charge in [-0.25, -0.2) is 8.78 Å². The van der Waals surface area contributed by atoms with Crippen LogP contribution >= 0.6 is 0 Å². The fourth-order valence-electron chi connectivity index (χ4n) is 3.26. The minimum Gasteiger partial charge on any atom is -0.294 e. The van der Waals surface area contributed by atoms with Gasteiger partial charge in [0.2, 0.25) is 0 Å². The first-order valence-corrected chi connectivity index (χ1v) is 8.03. The van der Waals surface area contributed by atoms with Crippen molar-refractivity contribution in [3.8, 4) is 0 Å². The Bertz CT molecular complexity index is 502. The van der Waals surface area contributed by atoms with Crippen LogP contribution in [0.5, 0.6) is 0 Å². The van der Waals surface area contributed by atoms with Crippen molar-refractivity contribution in [2.75, 3.05) is 0 Å². The van der Waals surface area contributed by atoms with Crippen molar-refractivity contribution in [3.63, 3.8) is 0 Å². The maximum Gasteiger partial charge on any atom is 0.169 e. The van der Waals surface area contributed by atoms with Crippen molar-refractivity contribution in [2.24, 2.45) is 11.8 Å². The highest BCUT2D eigenvalue weighted by molar-refractivity contribution is 5.98. The molecule has 3 heteroatoms. The Morgan fingerprint density at radius 2 is 1.81 bits per heavy atom. The van der Waals surface area contributed by atoms with E-state index in [1.54, 1.807) is 0 Å². The van der Waals surface area contributed by atoms with Crippen LogP contribution in [-0.4, -0.2) is 5.78 Å². The number of carbonyl (C=O) groups excluding carboxylic acids is 1. The second kappa shape index (κ2) is 7.15. The number of carbonyl (C=O) groups is 1. The predicted molar refractivity (Wildman–Crippen MR) is 80.4 cm³/mol. The number of Topliss-reactive ketones (excluding diaryl/α,β-unsaturated/α-hetero) is 1. The van der Waals surface area contributed by atoms with Crippen LogP contribution in [0, 0.1) is 30.4 Å². The Kier molecular flexibility index (Phi) is 5.49. The topological polar surface area (TPSA) is 17.1 Å². The second-order valence-electron chi connectivity index (χ2n) is 6.28. The van der Waals surface area contributed by atoms with E-state index >= 15 is 0 Å². The maximum absolute atomic E-state index is 13.9. The van der Waals surface area contributed by atoms with Gasteiger partial charge in [-0.3, -0.25) is 4.79 Å². The number of benzene rings is 1. The van der Waals surface area contributed by atoms with E-state index in [1.165, 1.54) is 38.3 Å². The van der Waals surface area contributed by atoms with Crippen molar-refractivity contribution in [1.82, 2.24) is 0 Å². The highest BCUT2D eigenvalue weighted by Crippen LogP contribution is 2.34. The van der Waals surface area contributed by atoms with Crippen LogP contribution in [0.25, 0.3) is 0 Å². The molecule has 21 heavy (non-hydrogen) atoms. The third-order valence-corrected chi connectivity index (χ3v) is 4.72. The van der Waals surface area contributed by atoms with E-state index in [0.29, 0.717) is 5.92 Å². The summed E-state index contributed by atoms with van der Waals surface area (Å²) in [5, 5.41) is 0. The van der Waals surface area contributed by atoms with Gasteiger partial charge >= 0.3 is 0 Å². The lowest BCUT2D eigenvalue weighted by molar-refractivity contribution is 0.0864. The van der Waals surface area contributed by atoms with Crippen LogP contribution in [0.1, 0.15) is 67.8 Å². The Morgan fingerprint density at radius 3 is 2.43 bits per heavy atom. The molecule has 116 valence electrons. The largest absolute Gasteiger partial charge is 0.294 e. The first-order chi connectivity index (χ1) is 10.0. The number of ketones is 1. The summed E-state index contributed by atoms with van der Waals surface area (Å²) in [7, 11) is 0. The monoisotopic (exact) mass is 294 g/mol. The molecule has 1 nitrogen and oxygen atoms in total. The molecule has 1 aliphatic carbocycles. The van der Waals surface area contributed by atoms with Gasteiger partial charge in [0.05, 0.1) is 5.56 Å². The Morgan fingerprint density at radius 1 is 1.14 bits per heavy atom. The van der Waals surface area contributed by atoms with Gasteiger partial charge in [-0.1, -0.05) is 32.3 Å². The first-order valence-electron chi connectivity index (χ1n) is 8.03. The van der Waals surface area contributed by atoms with Gasteiger partial charge in [0.1, 0.15) is 0 Å². The van der Waals surface area contributed by atoms with Crippen LogP contribution in [0.15, 0.2) is 12.1 Å². The number of rotatable bonds is 5. The van der Waals surface area contributed by atoms with E-state index in [0.717, 1.165) is 25.7 Å². The molecule has 0 aromatic heterocycles. The smallest absolute Gasteiger partial charge is 0.169 e. The van der Waals surface area contributed by atoms with E-state index in [9.17, 15) is 13.6 Å². The van der Waals surface area contributed by atoms with Crippen molar-refractivity contribution in [1.29, 1.82) is 0 Å². The fourth-order valence-corrected chi connectivity index (χ4v) is 3.26.